The molecule has 0 aromatic carbocycles. The predicted octanol–water partition coefficient (Wildman–Crippen LogP) is 4.35. The van der Waals surface area contributed by atoms with Crippen LogP contribution in [0.5, 0.6) is 0 Å². The minimum atomic E-state index is 0.828. The van der Waals surface area contributed by atoms with E-state index < -0.39 is 0 Å². The van der Waals surface area contributed by atoms with Crippen LogP contribution in [0.25, 0.3) is 22.8 Å². The average molecular weight is 431 g/mol. The molecule has 0 aliphatic carbocycles. The molecule has 0 aliphatic heterocycles. The summed E-state index contributed by atoms with van der Waals surface area (Å²) in [6, 6.07) is 3.84. The Morgan fingerprint density at radius 2 is 1.21 bits per heavy atom. The lowest BCUT2D eigenvalue weighted by atomic mass is 10.2. The maximum atomic E-state index is 5.37. The normalized spacial score (nSPS) is 11.4. The summed E-state index contributed by atoms with van der Waals surface area (Å²) < 4.78 is 14.8. The monoisotopic (exact) mass is 430 g/mol. The van der Waals surface area contributed by atoms with Crippen molar-refractivity contribution in [3.8, 4) is 22.8 Å². The SMILES string of the molecule is Cc1occc1-c1nnc(SCCCSc2nnc(-c3ccoc3C)n2C)n1C. The summed E-state index contributed by atoms with van der Waals surface area (Å²) in [5.74, 6) is 5.26. The molecule has 10 heteroatoms. The summed E-state index contributed by atoms with van der Waals surface area (Å²) >= 11 is 3.41. The molecule has 4 rings (SSSR count). The highest BCUT2D eigenvalue weighted by molar-refractivity contribution is 8.00. The fourth-order valence-corrected chi connectivity index (χ4v) is 4.85. The quantitative estimate of drug-likeness (QED) is 0.301. The van der Waals surface area contributed by atoms with Gasteiger partial charge in [0.15, 0.2) is 22.0 Å². The van der Waals surface area contributed by atoms with Gasteiger partial charge in [-0.3, -0.25) is 0 Å². The van der Waals surface area contributed by atoms with E-state index in [0.29, 0.717) is 0 Å². The van der Waals surface area contributed by atoms with Gasteiger partial charge in [-0.05, 0) is 32.4 Å². The lowest BCUT2D eigenvalue weighted by Crippen LogP contribution is -1.97. The summed E-state index contributed by atoms with van der Waals surface area (Å²) in [5, 5.41) is 19.1. The maximum absolute atomic E-state index is 5.37. The summed E-state index contributed by atoms with van der Waals surface area (Å²) in [5.41, 5.74) is 1.96. The van der Waals surface area contributed by atoms with E-state index in [2.05, 4.69) is 20.4 Å². The molecule has 0 spiro atoms. The Kier molecular flexibility index (Phi) is 5.81. The van der Waals surface area contributed by atoms with Crippen LogP contribution in [0.3, 0.4) is 0 Å². The molecule has 4 heterocycles. The molecule has 0 radical (unpaired) electrons. The molecule has 0 fully saturated rings. The molecule has 0 amide bonds. The maximum Gasteiger partial charge on any atom is 0.191 e. The zero-order valence-corrected chi connectivity index (χ0v) is 18.4. The van der Waals surface area contributed by atoms with Gasteiger partial charge >= 0.3 is 0 Å². The highest BCUT2D eigenvalue weighted by Crippen LogP contribution is 2.28. The molecule has 152 valence electrons. The van der Waals surface area contributed by atoms with Crippen molar-refractivity contribution in [1.82, 2.24) is 29.5 Å². The van der Waals surface area contributed by atoms with Crippen LogP contribution in [0.15, 0.2) is 43.8 Å². The van der Waals surface area contributed by atoms with Crippen molar-refractivity contribution >= 4 is 23.5 Å². The van der Waals surface area contributed by atoms with Crippen LogP contribution in [0.2, 0.25) is 0 Å². The van der Waals surface area contributed by atoms with Crippen molar-refractivity contribution in [2.75, 3.05) is 11.5 Å². The average Bonchev–Trinajstić information content (AvgIpc) is 3.46. The largest absolute Gasteiger partial charge is 0.469 e. The van der Waals surface area contributed by atoms with Gasteiger partial charge in [-0.25, -0.2) is 0 Å². The molecule has 4 aromatic rings. The number of aryl methyl sites for hydroxylation is 2. The third-order valence-electron chi connectivity index (χ3n) is 4.62. The predicted molar refractivity (Wildman–Crippen MR) is 113 cm³/mol. The molecule has 0 aliphatic rings. The summed E-state index contributed by atoms with van der Waals surface area (Å²) in [6.07, 6.45) is 4.37. The second kappa shape index (κ2) is 8.50. The van der Waals surface area contributed by atoms with E-state index in [-0.39, 0.29) is 0 Å². The van der Waals surface area contributed by atoms with Gasteiger partial charge in [0.25, 0.3) is 0 Å². The summed E-state index contributed by atoms with van der Waals surface area (Å²) in [7, 11) is 3.97. The van der Waals surface area contributed by atoms with Crippen molar-refractivity contribution in [3.05, 3.63) is 36.2 Å². The van der Waals surface area contributed by atoms with Gasteiger partial charge in [0.05, 0.1) is 23.7 Å². The minimum Gasteiger partial charge on any atom is -0.469 e. The highest BCUT2D eigenvalue weighted by Gasteiger charge is 2.16. The number of hydrogen-bond donors (Lipinski definition) is 0. The molecule has 0 bridgehead atoms. The third-order valence-corrected chi connectivity index (χ3v) is 6.83. The summed E-state index contributed by atoms with van der Waals surface area (Å²) in [4.78, 5) is 0. The van der Waals surface area contributed by atoms with E-state index in [1.807, 2.05) is 49.2 Å². The van der Waals surface area contributed by atoms with E-state index in [9.17, 15) is 0 Å². The van der Waals surface area contributed by atoms with Crippen molar-refractivity contribution in [2.45, 2.75) is 30.6 Å². The van der Waals surface area contributed by atoms with Gasteiger partial charge in [0.1, 0.15) is 11.5 Å². The van der Waals surface area contributed by atoms with Crippen LogP contribution in [-0.2, 0) is 14.1 Å². The van der Waals surface area contributed by atoms with Crippen LogP contribution < -0.4 is 0 Å². The topological polar surface area (TPSA) is 87.7 Å². The smallest absolute Gasteiger partial charge is 0.191 e. The molecule has 0 unspecified atom stereocenters. The Bertz CT molecular complexity index is 1020. The summed E-state index contributed by atoms with van der Waals surface area (Å²) in [6.45, 7) is 3.86. The van der Waals surface area contributed by atoms with Gasteiger partial charge in [-0.15, -0.1) is 20.4 Å². The minimum absolute atomic E-state index is 0.828. The van der Waals surface area contributed by atoms with Gasteiger partial charge < -0.3 is 18.0 Å². The Hall–Kier alpha value is -2.46. The van der Waals surface area contributed by atoms with Gasteiger partial charge in [0, 0.05) is 25.6 Å². The van der Waals surface area contributed by atoms with Crippen LogP contribution in [0.4, 0.5) is 0 Å². The Balaban J connectivity index is 1.29. The molecule has 0 N–H and O–H groups in total. The third kappa shape index (κ3) is 3.99. The zero-order chi connectivity index (χ0) is 20.4. The fraction of sp³-hybridized carbons (Fsp3) is 0.368. The first kappa shape index (κ1) is 19.8. The number of rotatable bonds is 8. The fourth-order valence-electron chi connectivity index (χ4n) is 2.97. The van der Waals surface area contributed by atoms with Crippen LogP contribution in [0, 0.1) is 13.8 Å². The van der Waals surface area contributed by atoms with Crippen molar-refractivity contribution in [3.63, 3.8) is 0 Å². The molecule has 8 nitrogen and oxygen atoms in total. The molecular weight excluding hydrogens is 408 g/mol. The van der Waals surface area contributed by atoms with Gasteiger partial charge in [0.2, 0.25) is 0 Å². The molecule has 0 atom stereocenters. The van der Waals surface area contributed by atoms with Gasteiger partial charge in [-0.1, -0.05) is 23.5 Å². The van der Waals surface area contributed by atoms with Crippen molar-refractivity contribution in [1.29, 1.82) is 0 Å². The standard InChI is InChI=1S/C19H22N6O2S2/c1-12-14(6-8-26-12)16-20-22-18(24(16)3)28-10-5-11-29-19-23-21-17(25(19)4)15-7-9-27-13(15)2/h6-9H,5,10-11H2,1-4H3. The Morgan fingerprint density at radius 1 is 0.759 bits per heavy atom. The molecule has 0 saturated heterocycles. The van der Waals surface area contributed by atoms with Crippen LogP contribution >= 0.6 is 23.5 Å². The second-order valence-corrected chi connectivity index (χ2v) is 8.69. The van der Waals surface area contributed by atoms with Gasteiger partial charge in [-0.2, -0.15) is 0 Å². The first-order valence-electron chi connectivity index (χ1n) is 9.19. The number of nitrogens with zero attached hydrogens (tertiary/aromatic N) is 6. The molecule has 29 heavy (non-hydrogen) atoms. The first-order valence-corrected chi connectivity index (χ1v) is 11.2. The molecule has 4 aromatic heterocycles. The Morgan fingerprint density at radius 3 is 1.59 bits per heavy atom. The van der Waals surface area contributed by atoms with Crippen molar-refractivity contribution in [2.24, 2.45) is 14.1 Å². The molecular formula is C19H22N6O2S2. The van der Waals surface area contributed by atoms with Crippen molar-refractivity contribution < 1.29 is 8.83 Å². The number of furan rings is 2. The first-order chi connectivity index (χ1) is 14.1. The lowest BCUT2D eigenvalue weighted by Gasteiger charge is -2.04. The second-order valence-electron chi connectivity index (χ2n) is 6.56. The number of thioether (sulfide) groups is 2. The van der Waals surface area contributed by atoms with Crippen LogP contribution in [0.1, 0.15) is 17.9 Å². The van der Waals surface area contributed by atoms with E-state index in [0.717, 1.165) is 62.5 Å². The van der Waals surface area contributed by atoms with E-state index in [1.54, 1.807) is 36.1 Å². The zero-order valence-electron chi connectivity index (χ0n) is 16.7. The number of hydrogen-bond acceptors (Lipinski definition) is 8. The number of aromatic nitrogens is 6. The van der Waals surface area contributed by atoms with E-state index in [4.69, 9.17) is 8.83 Å². The lowest BCUT2D eigenvalue weighted by molar-refractivity contribution is 0.534. The highest BCUT2D eigenvalue weighted by atomic mass is 32.2. The van der Waals surface area contributed by atoms with Crippen LogP contribution in [-0.4, -0.2) is 41.0 Å². The Labute approximate surface area is 177 Å². The van der Waals surface area contributed by atoms with E-state index >= 15 is 0 Å². The molecule has 0 saturated carbocycles. The van der Waals surface area contributed by atoms with E-state index in [1.165, 1.54) is 0 Å².